The van der Waals surface area contributed by atoms with Crippen LogP contribution in [0.15, 0.2) is 60.7 Å². The highest BCUT2D eigenvalue weighted by Gasteiger charge is 2.25. The van der Waals surface area contributed by atoms with Crippen LogP contribution in [0.25, 0.3) is 10.8 Å². The fraction of sp³-hybridized carbons (Fsp3) is 0.433. The van der Waals surface area contributed by atoms with Crippen LogP contribution in [0.4, 0.5) is 10.5 Å². The van der Waals surface area contributed by atoms with Gasteiger partial charge in [0.1, 0.15) is 0 Å². The van der Waals surface area contributed by atoms with Crippen molar-refractivity contribution < 1.29 is 4.79 Å². The lowest BCUT2D eigenvalue weighted by atomic mass is 9.89. The topological polar surface area (TPSA) is 35.6 Å². The van der Waals surface area contributed by atoms with Gasteiger partial charge in [0.05, 0.1) is 0 Å². The first-order chi connectivity index (χ1) is 17.0. The Morgan fingerprint density at radius 2 is 1.54 bits per heavy atom. The van der Waals surface area contributed by atoms with Crippen molar-refractivity contribution in [1.82, 2.24) is 9.80 Å². The highest BCUT2D eigenvalue weighted by molar-refractivity contribution is 6.30. The molecule has 1 N–H and O–H groups in total. The molecule has 1 unspecified atom stereocenters. The van der Waals surface area contributed by atoms with Crippen LogP contribution in [-0.4, -0.2) is 41.0 Å². The van der Waals surface area contributed by atoms with Crippen LogP contribution >= 0.6 is 11.6 Å². The molecule has 5 rings (SSSR count). The van der Waals surface area contributed by atoms with Crippen molar-refractivity contribution in [2.75, 3.05) is 18.4 Å². The summed E-state index contributed by atoms with van der Waals surface area (Å²) in [6.45, 7) is 7.24. The van der Waals surface area contributed by atoms with Gasteiger partial charge in [-0.15, -0.1) is 0 Å². The van der Waals surface area contributed by atoms with Crippen LogP contribution in [0.3, 0.4) is 0 Å². The lowest BCUT2D eigenvalue weighted by Gasteiger charge is -2.39. The lowest BCUT2D eigenvalue weighted by molar-refractivity contribution is 0.0953. The molecule has 4 nitrogen and oxygen atoms in total. The minimum Gasteiger partial charge on any atom is -0.324 e. The largest absolute Gasteiger partial charge is 0.324 e. The number of nitrogens with zero attached hydrogens (tertiary/aromatic N) is 2. The van der Waals surface area contributed by atoms with Gasteiger partial charge in [-0.05, 0) is 97.7 Å². The number of nitrogens with one attached hydrogen (secondary N) is 1. The Morgan fingerprint density at radius 1 is 0.886 bits per heavy atom. The van der Waals surface area contributed by atoms with E-state index in [2.05, 4.69) is 66.5 Å². The monoisotopic (exact) mass is 489 g/mol. The number of hydrogen-bond acceptors (Lipinski definition) is 2. The molecule has 2 amide bonds. The van der Waals surface area contributed by atoms with E-state index >= 15 is 0 Å². The molecule has 2 heterocycles. The minimum atomic E-state index is -0.0106. The molecule has 0 aromatic heterocycles. The molecule has 0 spiro atoms. The molecule has 35 heavy (non-hydrogen) atoms. The molecule has 0 saturated carbocycles. The molecule has 2 atom stereocenters. The first-order valence-electron chi connectivity index (χ1n) is 13.1. The van der Waals surface area contributed by atoms with Crippen molar-refractivity contribution in [3.05, 3.63) is 76.8 Å². The number of urea groups is 1. The highest BCUT2D eigenvalue weighted by Crippen LogP contribution is 2.30. The number of benzene rings is 3. The summed E-state index contributed by atoms with van der Waals surface area (Å²) in [5.41, 5.74) is 3.53. The molecule has 0 aliphatic carbocycles. The van der Waals surface area contributed by atoms with Crippen LogP contribution in [0.1, 0.15) is 63.0 Å². The first kappa shape index (κ1) is 24.1. The summed E-state index contributed by atoms with van der Waals surface area (Å²) in [6.07, 6.45) is 5.87. The average molecular weight is 490 g/mol. The Hall–Kier alpha value is -2.56. The third kappa shape index (κ3) is 5.65. The van der Waals surface area contributed by atoms with E-state index in [-0.39, 0.29) is 6.03 Å². The van der Waals surface area contributed by atoms with Gasteiger partial charge < -0.3 is 10.2 Å². The number of amides is 2. The third-order valence-electron chi connectivity index (χ3n) is 8.02. The number of likely N-dealkylation sites (tertiary alicyclic amines) is 2. The van der Waals surface area contributed by atoms with Gasteiger partial charge in [-0.3, -0.25) is 4.90 Å². The molecule has 2 saturated heterocycles. The molecular weight excluding hydrogens is 454 g/mol. The fourth-order valence-corrected chi connectivity index (χ4v) is 5.95. The maximum absolute atomic E-state index is 12.9. The normalized spacial score (nSPS) is 21.9. The molecule has 2 aliphatic rings. The van der Waals surface area contributed by atoms with Gasteiger partial charge in [-0.1, -0.05) is 48.4 Å². The molecular formula is C30H36ClN3O. The number of fused-ring (bicyclic) bond motifs is 1. The number of carbonyl (C=O) groups excluding carboxylic acids is 1. The Kier molecular flexibility index (Phi) is 7.31. The molecule has 0 radical (unpaired) electrons. The van der Waals surface area contributed by atoms with Crippen molar-refractivity contribution in [2.45, 2.75) is 70.5 Å². The summed E-state index contributed by atoms with van der Waals surface area (Å²) >= 11 is 6.02. The summed E-state index contributed by atoms with van der Waals surface area (Å²) in [5.74, 6) is 0.488. The van der Waals surface area contributed by atoms with Crippen molar-refractivity contribution in [2.24, 2.45) is 0 Å². The Labute approximate surface area is 214 Å². The number of anilines is 1. The van der Waals surface area contributed by atoms with Crippen LogP contribution in [-0.2, 0) is 6.54 Å². The van der Waals surface area contributed by atoms with E-state index < -0.39 is 0 Å². The molecule has 2 fully saturated rings. The van der Waals surface area contributed by atoms with Gasteiger partial charge in [-0.25, -0.2) is 4.79 Å². The van der Waals surface area contributed by atoms with Gasteiger partial charge in [-0.2, -0.15) is 0 Å². The molecule has 2 aliphatic heterocycles. The maximum Gasteiger partial charge on any atom is 0.321 e. The third-order valence-corrected chi connectivity index (χ3v) is 8.27. The lowest BCUT2D eigenvalue weighted by Crippen LogP contribution is -2.42. The molecule has 3 aromatic carbocycles. The summed E-state index contributed by atoms with van der Waals surface area (Å²) in [4.78, 5) is 17.5. The van der Waals surface area contributed by atoms with Crippen molar-refractivity contribution >= 4 is 34.1 Å². The van der Waals surface area contributed by atoms with Crippen LogP contribution in [0, 0.1) is 0 Å². The standard InChI is InChI=1S/C30H36ClN3O/c1-21-4-3-5-22(2)34(21)20-23-6-7-27-19-29(13-10-26(27)18-23)32-30(35)33-16-14-25(15-17-33)24-8-11-28(31)12-9-24/h6-13,18-19,21-22,25H,3-5,14-17,20H2,1-2H3,(H,32,35)/t21-,22?/m0/s1. The zero-order valence-electron chi connectivity index (χ0n) is 20.8. The van der Waals surface area contributed by atoms with E-state index in [1.807, 2.05) is 23.1 Å². The number of hydrogen-bond donors (Lipinski definition) is 1. The predicted molar refractivity (Wildman–Crippen MR) is 146 cm³/mol. The Bertz CT molecular complexity index is 1160. The van der Waals surface area contributed by atoms with E-state index in [1.165, 1.54) is 35.8 Å². The van der Waals surface area contributed by atoms with E-state index in [0.29, 0.717) is 18.0 Å². The van der Waals surface area contributed by atoms with E-state index in [1.54, 1.807) is 0 Å². The summed E-state index contributed by atoms with van der Waals surface area (Å²) < 4.78 is 0. The maximum atomic E-state index is 12.9. The molecule has 5 heteroatoms. The quantitative estimate of drug-likeness (QED) is 0.408. The summed E-state index contributed by atoms with van der Waals surface area (Å²) in [7, 11) is 0. The average Bonchev–Trinajstić information content (AvgIpc) is 2.87. The zero-order valence-corrected chi connectivity index (χ0v) is 21.6. The second kappa shape index (κ2) is 10.6. The van der Waals surface area contributed by atoms with E-state index in [4.69, 9.17) is 11.6 Å². The second-order valence-corrected chi connectivity index (χ2v) is 10.9. The zero-order chi connectivity index (χ0) is 24.4. The predicted octanol–water partition coefficient (Wildman–Crippen LogP) is 7.67. The number of rotatable bonds is 4. The van der Waals surface area contributed by atoms with Crippen LogP contribution < -0.4 is 5.32 Å². The van der Waals surface area contributed by atoms with Gasteiger partial charge in [0.2, 0.25) is 0 Å². The summed E-state index contributed by atoms with van der Waals surface area (Å²) in [6, 6.07) is 22.4. The minimum absolute atomic E-state index is 0.0106. The first-order valence-corrected chi connectivity index (χ1v) is 13.4. The number of halogens is 1. The van der Waals surface area contributed by atoms with E-state index in [9.17, 15) is 4.79 Å². The van der Waals surface area contributed by atoms with Gasteiger partial charge >= 0.3 is 6.03 Å². The second-order valence-electron chi connectivity index (χ2n) is 10.4. The highest BCUT2D eigenvalue weighted by atomic mass is 35.5. The number of carbonyl (C=O) groups is 1. The molecule has 0 bridgehead atoms. The van der Waals surface area contributed by atoms with Crippen molar-refractivity contribution in [3.63, 3.8) is 0 Å². The molecule has 184 valence electrons. The Morgan fingerprint density at radius 3 is 2.26 bits per heavy atom. The van der Waals surface area contributed by atoms with Gasteiger partial charge in [0, 0.05) is 42.4 Å². The smallest absolute Gasteiger partial charge is 0.321 e. The van der Waals surface area contributed by atoms with Crippen molar-refractivity contribution in [3.8, 4) is 0 Å². The van der Waals surface area contributed by atoms with Gasteiger partial charge in [0.25, 0.3) is 0 Å². The fourth-order valence-electron chi connectivity index (χ4n) is 5.82. The summed E-state index contributed by atoms with van der Waals surface area (Å²) in [5, 5.41) is 6.27. The van der Waals surface area contributed by atoms with E-state index in [0.717, 1.165) is 48.6 Å². The number of piperidine rings is 2. The molecule has 3 aromatic rings. The van der Waals surface area contributed by atoms with Crippen LogP contribution in [0.2, 0.25) is 5.02 Å². The van der Waals surface area contributed by atoms with Crippen molar-refractivity contribution in [1.29, 1.82) is 0 Å². The SMILES string of the molecule is CC1CCC[C@H](C)N1Cc1ccc2cc(NC(=O)N3CCC(c4ccc(Cl)cc4)CC3)ccc2c1. The van der Waals surface area contributed by atoms with Crippen LogP contribution in [0.5, 0.6) is 0 Å². The van der Waals surface area contributed by atoms with Gasteiger partial charge in [0.15, 0.2) is 0 Å². The Balaban J connectivity index is 1.19.